The van der Waals surface area contributed by atoms with Crippen LogP contribution < -0.4 is 5.32 Å². The molecule has 12 heteroatoms. The number of nitrogens with zero attached hydrogens (tertiary/aromatic N) is 5. The molecular weight excluding hydrogens is 471 g/mol. The molecule has 0 saturated carbocycles. The van der Waals surface area contributed by atoms with Crippen molar-refractivity contribution >= 4 is 38.5 Å². The van der Waals surface area contributed by atoms with E-state index in [0.29, 0.717) is 23.1 Å². The lowest BCUT2D eigenvalue weighted by Gasteiger charge is -2.34. The number of β-amino-alcohol motifs (C(OH)–C–C–N with tert-alkyl or cyclic N) is 1. The SMILES string of the molecule is CC(C)c1c2cc(-c3nc(N[C@@H]4CCN(S(C)(=O)=O)C[C@H]4O)ncc3Cl)cc(F)c2nn1C. The molecule has 33 heavy (non-hydrogen) atoms. The van der Waals surface area contributed by atoms with E-state index in [2.05, 4.69) is 20.4 Å². The van der Waals surface area contributed by atoms with Crippen molar-refractivity contribution in [3.05, 3.63) is 34.9 Å². The highest BCUT2D eigenvalue weighted by molar-refractivity contribution is 7.88. The molecule has 0 bridgehead atoms. The van der Waals surface area contributed by atoms with Crippen LogP contribution in [0.1, 0.15) is 31.9 Å². The molecule has 1 fully saturated rings. The maximum Gasteiger partial charge on any atom is 0.223 e. The number of benzene rings is 1. The molecule has 1 aromatic carbocycles. The van der Waals surface area contributed by atoms with Crippen molar-refractivity contribution in [2.75, 3.05) is 24.7 Å². The number of hydrogen-bond acceptors (Lipinski definition) is 7. The van der Waals surface area contributed by atoms with Crippen molar-refractivity contribution in [1.29, 1.82) is 0 Å². The molecule has 9 nitrogen and oxygen atoms in total. The first-order chi connectivity index (χ1) is 15.5. The Morgan fingerprint density at radius 2 is 2.06 bits per heavy atom. The molecule has 3 heterocycles. The minimum absolute atomic E-state index is 0.0161. The fraction of sp³-hybridized carbons (Fsp3) is 0.476. The van der Waals surface area contributed by atoms with Gasteiger partial charge in [0.2, 0.25) is 16.0 Å². The average molecular weight is 497 g/mol. The normalized spacial score (nSPS) is 20.0. The summed E-state index contributed by atoms with van der Waals surface area (Å²) >= 11 is 6.36. The molecular formula is C21H26ClFN6O3S. The van der Waals surface area contributed by atoms with E-state index in [1.807, 2.05) is 19.9 Å². The number of aliphatic hydroxyl groups excluding tert-OH is 1. The predicted molar refractivity (Wildman–Crippen MR) is 125 cm³/mol. The van der Waals surface area contributed by atoms with E-state index in [4.69, 9.17) is 11.6 Å². The molecule has 1 aliphatic rings. The number of aryl methyl sites for hydroxylation is 1. The van der Waals surface area contributed by atoms with Crippen LogP contribution in [0.5, 0.6) is 0 Å². The van der Waals surface area contributed by atoms with Gasteiger partial charge in [0, 0.05) is 36.8 Å². The molecule has 2 aromatic heterocycles. The Morgan fingerprint density at radius 3 is 2.70 bits per heavy atom. The summed E-state index contributed by atoms with van der Waals surface area (Å²) in [6.07, 6.45) is 1.97. The number of halogens is 2. The van der Waals surface area contributed by atoms with Crippen molar-refractivity contribution < 1.29 is 17.9 Å². The standard InChI is InChI=1S/C21H26ClFN6O3S/c1-11(2)20-13-7-12(8-15(23)19(13)27-28(20)3)18-14(22)9-24-21(26-18)25-16-5-6-29(10-17(16)30)33(4,31)32/h7-9,11,16-17,30H,5-6,10H2,1-4H3,(H,24,25,26)/t16-,17-/m1/s1. The van der Waals surface area contributed by atoms with Gasteiger partial charge < -0.3 is 10.4 Å². The second-order valence-electron chi connectivity index (χ2n) is 8.64. The highest BCUT2D eigenvalue weighted by atomic mass is 35.5. The molecule has 178 valence electrons. The van der Waals surface area contributed by atoms with Crippen LogP contribution in [0.3, 0.4) is 0 Å². The van der Waals surface area contributed by atoms with E-state index < -0.39 is 28.0 Å². The third kappa shape index (κ3) is 4.68. The Morgan fingerprint density at radius 1 is 1.33 bits per heavy atom. The summed E-state index contributed by atoms with van der Waals surface area (Å²) in [5, 5.41) is 18.7. The number of rotatable bonds is 5. The van der Waals surface area contributed by atoms with E-state index in [1.54, 1.807) is 11.7 Å². The van der Waals surface area contributed by atoms with Crippen molar-refractivity contribution in [2.24, 2.45) is 7.05 Å². The van der Waals surface area contributed by atoms with Gasteiger partial charge in [0.05, 0.1) is 35.3 Å². The summed E-state index contributed by atoms with van der Waals surface area (Å²) in [6.45, 7) is 4.29. The van der Waals surface area contributed by atoms with Gasteiger partial charge in [0.25, 0.3) is 0 Å². The van der Waals surface area contributed by atoms with Crippen molar-refractivity contribution in [3.63, 3.8) is 0 Å². The number of aromatic nitrogens is 4. The summed E-state index contributed by atoms with van der Waals surface area (Å²) in [5.74, 6) is -0.133. The van der Waals surface area contributed by atoms with Crippen LogP contribution >= 0.6 is 11.6 Å². The van der Waals surface area contributed by atoms with E-state index in [0.717, 1.165) is 11.9 Å². The van der Waals surface area contributed by atoms with Crippen molar-refractivity contribution in [3.8, 4) is 11.3 Å². The number of nitrogens with one attached hydrogen (secondary N) is 1. The first kappa shape index (κ1) is 23.8. The van der Waals surface area contributed by atoms with Gasteiger partial charge in [-0.2, -0.15) is 9.40 Å². The number of piperidine rings is 1. The van der Waals surface area contributed by atoms with Crippen LogP contribution in [0.25, 0.3) is 22.2 Å². The first-order valence-electron chi connectivity index (χ1n) is 10.5. The van der Waals surface area contributed by atoms with Gasteiger partial charge in [-0.1, -0.05) is 25.4 Å². The van der Waals surface area contributed by atoms with Crippen LogP contribution in [0, 0.1) is 5.82 Å². The molecule has 0 amide bonds. The largest absolute Gasteiger partial charge is 0.390 e. The van der Waals surface area contributed by atoms with E-state index >= 15 is 0 Å². The number of anilines is 1. The minimum Gasteiger partial charge on any atom is -0.390 e. The highest BCUT2D eigenvalue weighted by Gasteiger charge is 2.32. The molecule has 2 atom stereocenters. The van der Waals surface area contributed by atoms with Gasteiger partial charge in [-0.25, -0.2) is 22.8 Å². The minimum atomic E-state index is -3.38. The van der Waals surface area contributed by atoms with Crippen molar-refractivity contribution in [2.45, 2.75) is 38.3 Å². The third-order valence-corrected chi connectivity index (χ3v) is 7.38. The maximum absolute atomic E-state index is 14.9. The molecule has 1 aliphatic heterocycles. The fourth-order valence-electron chi connectivity index (χ4n) is 4.27. The Hall–Kier alpha value is -2.34. The zero-order valence-electron chi connectivity index (χ0n) is 18.7. The quantitative estimate of drug-likeness (QED) is 0.558. The number of sulfonamides is 1. The van der Waals surface area contributed by atoms with Gasteiger partial charge in [0.15, 0.2) is 5.82 Å². The molecule has 0 spiro atoms. The number of fused-ring (bicyclic) bond motifs is 1. The Balaban J connectivity index is 1.66. The first-order valence-corrected chi connectivity index (χ1v) is 12.8. The number of hydrogen-bond donors (Lipinski definition) is 2. The van der Waals surface area contributed by atoms with Crippen LogP contribution in [-0.2, 0) is 17.1 Å². The summed E-state index contributed by atoms with van der Waals surface area (Å²) < 4.78 is 41.3. The molecule has 1 saturated heterocycles. The highest BCUT2D eigenvalue weighted by Crippen LogP contribution is 2.34. The Bertz CT molecular complexity index is 1310. The maximum atomic E-state index is 14.9. The van der Waals surface area contributed by atoms with Gasteiger partial charge in [-0.05, 0) is 24.5 Å². The Labute approximate surface area is 196 Å². The molecule has 4 rings (SSSR count). The molecule has 0 unspecified atom stereocenters. The zero-order valence-corrected chi connectivity index (χ0v) is 20.3. The van der Waals surface area contributed by atoms with Gasteiger partial charge in [-0.3, -0.25) is 4.68 Å². The fourth-order valence-corrected chi connectivity index (χ4v) is 5.33. The van der Waals surface area contributed by atoms with Crippen molar-refractivity contribution in [1.82, 2.24) is 24.1 Å². The second kappa shape index (κ2) is 8.79. The summed E-state index contributed by atoms with van der Waals surface area (Å²) in [5.41, 5.74) is 2.01. The van der Waals surface area contributed by atoms with Gasteiger partial charge >= 0.3 is 0 Å². The molecule has 3 aromatic rings. The molecule has 0 aliphatic carbocycles. The zero-order chi connectivity index (χ0) is 24.1. The van der Waals surface area contributed by atoms with E-state index in [-0.39, 0.29) is 35.5 Å². The average Bonchev–Trinajstić information content (AvgIpc) is 3.06. The van der Waals surface area contributed by atoms with Gasteiger partial charge in [-0.15, -0.1) is 0 Å². The smallest absolute Gasteiger partial charge is 0.223 e. The molecule has 0 radical (unpaired) electrons. The topological polar surface area (TPSA) is 113 Å². The lowest BCUT2D eigenvalue weighted by atomic mass is 10.0. The third-order valence-electron chi connectivity index (χ3n) is 5.83. The van der Waals surface area contributed by atoms with Crippen LogP contribution in [0.15, 0.2) is 18.3 Å². The summed E-state index contributed by atoms with van der Waals surface area (Å²) in [4.78, 5) is 8.67. The Kier molecular flexibility index (Phi) is 6.34. The van der Waals surface area contributed by atoms with Crippen LogP contribution in [0.2, 0.25) is 5.02 Å². The monoisotopic (exact) mass is 496 g/mol. The lowest BCUT2D eigenvalue weighted by Crippen LogP contribution is -2.51. The van der Waals surface area contributed by atoms with Gasteiger partial charge in [0.1, 0.15) is 5.52 Å². The number of aliphatic hydroxyl groups is 1. The second-order valence-corrected chi connectivity index (χ2v) is 11.0. The summed E-state index contributed by atoms with van der Waals surface area (Å²) in [6, 6.07) is 2.72. The summed E-state index contributed by atoms with van der Waals surface area (Å²) in [7, 11) is -1.59. The molecule has 2 N–H and O–H groups in total. The van der Waals surface area contributed by atoms with E-state index in [9.17, 15) is 17.9 Å². The van der Waals surface area contributed by atoms with E-state index in [1.165, 1.54) is 16.6 Å². The lowest BCUT2D eigenvalue weighted by molar-refractivity contribution is 0.0950. The predicted octanol–water partition coefficient (Wildman–Crippen LogP) is 2.75. The van der Waals surface area contributed by atoms with Crippen LogP contribution in [0.4, 0.5) is 10.3 Å². The van der Waals surface area contributed by atoms with Crippen LogP contribution in [-0.4, -0.2) is 69.1 Å².